The lowest BCUT2D eigenvalue weighted by Gasteiger charge is -2.25. The number of hydrogen-bond donors (Lipinski definition) is 0. The highest BCUT2D eigenvalue weighted by molar-refractivity contribution is 5.94. The van der Waals surface area contributed by atoms with Crippen LogP contribution in [0.4, 0.5) is 8.78 Å². The number of pyridine rings is 1. The van der Waals surface area contributed by atoms with E-state index in [1.54, 1.807) is 19.2 Å². The summed E-state index contributed by atoms with van der Waals surface area (Å²) in [5.74, 6) is -1.34. The molecule has 0 N–H and O–H groups in total. The molecule has 0 bridgehead atoms. The Morgan fingerprint density at radius 2 is 1.85 bits per heavy atom. The maximum atomic E-state index is 13.0. The van der Waals surface area contributed by atoms with Crippen LogP contribution in [0, 0.1) is 11.8 Å². The summed E-state index contributed by atoms with van der Waals surface area (Å²) in [4.78, 5) is 17.1. The predicted octanol–water partition coefficient (Wildman–Crippen LogP) is 3.19. The smallest absolute Gasteiger partial charge is 0.254 e. The number of benzene rings is 1. The van der Waals surface area contributed by atoms with E-state index in [2.05, 4.69) is 4.98 Å². The molecule has 0 aliphatic heterocycles. The number of carbonyl (C=O) groups is 1. The zero-order valence-electron chi connectivity index (χ0n) is 11.2. The topological polar surface area (TPSA) is 33.2 Å². The summed E-state index contributed by atoms with van der Waals surface area (Å²) in [6, 6.07) is 8.23. The van der Waals surface area contributed by atoms with Crippen LogP contribution >= 0.6 is 0 Å². The molecule has 1 aromatic carbocycles. The van der Waals surface area contributed by atoms with Gasteiger partial charge in [0.25, 0.3) is 5.91 Å². The second kappa shape index (κ2) is 5.77. The van der Waals surface area contributed by atoms with Gasteiger partial charge in [-0.1, -0.05) is 12.1 Å². The molecular weight excluding hydrogens is 262 g/mol. The van der Waals surface area contributed by atoms with Gasteiger partial charge in [0.15, 0.2) is 0 Å². The van der Waals surface area contributed by atoms with Crippen molar-refractivity contribution in [2.24, 2.45) is 0 Å². The highest BCUT2D eigenvalue weighted by atomic mass is 19.1. The molecular formula is C15H14F2N2O. The molecule has 0 radical (unpaired) electrons. The molecule has 1 aromatic heterocycles. The van der Waals surface area contributed by atoms with Crippen molar-refractivity contribution in [3.63, 3.8) is 0 Å². The minimum Gasteiger partial charge on any atom is -0.335 e. The lowest BCUT2D eigenvalue weighted by Crippen LogP contribution is -2.29. The molecule has 2 aromatic rings. The fraction of sp³-hybridized carbons (Fsp3) is 0.200. The first-order chi connectivity index (χ1) is 9.49. The molecule has 1 unspecified atom stereocenters. The van der Waals surface area contributed by atoms with Crippen molar-refractivity contribution < 1.29 is 13.6 Å². The Morgan fingerprint density at radius 3 is 2.45 bits per heavy atom. The molecule has 3 nitrogen and oxygen atoms in total. The quantitative estimate of drug-likeness (QED) is 0.807. The summed E-state index contributed by atoms with van der Waals surface area (Å²) in [6.07, 6.45) is 1.25. The van der Waals surface area contributed by atoms with Crippen LogP contribution < -0.4 is 0 Å². The minimum absolute atomic E-state index is 0.231. The fourth-order valence-electron chi connectivity index (χ4n) is 1.88. The molecule has 0 saturated carbocycles. The average Bonchev–Trinajstić information content (AvgIpc) is 2.46. The number of hydrogen-bond acceptors (Lipinski definition) is 2. The van der Waals surface area contributed by atoms with E-state index in [0.717, 1.165) is 11.6 Å². The number of rotatable bonds is 3. The van der Waals surface area contributed by atoms with E-state index in [4.69, 9.17) is 0 Å². The van der Waals surface area contributed by atoms with E-state index in [1.165, 1.54) is 29.3 Å². The highest BCUT2D eigenvalue weighted by Crippen LogP contribution is 2.21. The number of nitrogens with zero attached hydrogens (tertiary/aromatic N) is 2. The fourth-order valence-corrected chi connectivity index (χ4v) is 1.88. The van der Waals surface area contributed by atoms with Crippen molar-refractivity contribution in [1.29, 1.82) is 0 Å². The summed E-state index contributed by atoms with van der Waals surface area (Å²) >= 11 is 0. The third-order valence-electron chi connectivity index (χ3n) is 3.23. The van der Waals surface area contributed by atoms with Gasteiger partial charge in [0, 0.05) is 24.9 Å². The van der Waals surface area contributed by atoms with Crippen LogP contribution in [0.25, 0.3) is 0 Å². The second-order valence-electron chi connectivity index (χ2n) is 4.51. The Hall–Kier alpha value is -2.30. The standard InChI is InChI=1S/C15H14F2N2O/c1-10(11-3-5-13(16)6-4-11)19(2)15(20)12-7-8-18-14(17)9-12/h3-10H,1-2H3. The molecule has 0 fully saturated rings. The Balaban J connectivity index is 2.20. The molecule has 1 amide bonds. The molecule has 0 spiro atoms. The summed E-state index contributed by atoms with van der Waals surface area (Å²) in [6.45, 7) is 1.82. The van der Waals surface area contributed by atoms with Crippen molar-refractivity contribution in [1.82, 2.24) is 9.88 Å². The Labute approximate surface area is 115 Å². The summed E-state index contributed by atoms with van der Waals surface area (Å²) in [7, 11) is 1.62. The lowest BCUT2D eigenvalue weighted by molar-refractivity contribution is 0.0742. The Bertz CT molecular complexity index is 614. The monoisotopic (exact) mass is 276 g/mol. The van der Waals surface area contributed by atoms with Crippen LogP contribution in [0.2, 0.25) is 0 Å². The number of aromatic nitrogens is 1. The van der Waals surface area contributed by atoms with Crippen LogP contribution in [0.5, 0.6) is 0 Å². The first-order valence-corrected chi connectivity index (χ1v) is 6.13. The van der Waals surface area contributed by atoms with Gasteiger partial charge in [-0.25, -0.2) is 9.37 Å². The SMILES string of the molecule is CC(c1ccc(F)cc1)N(C)C(=O)c1ccnc(F)c1. The van der Waals surface area contributed by atoms with Gasteiger partial charge in [-0.15, -0.1) is 0 Å². The maximum absolute atomic E-state index is 13.0. The second-order valence-corrected chi connectivity index (χ2v) is 4.51. The third-order valence-corrected chi connectivity index (χ3v) is 3.23. The van der Waals surface area contributed by atoms with Gasteiger partial charge in [-0.2, -0.15) is 4.39 Å². The van der Waals surface area contributed by atoms with Crippen LogP contribution in [0.1, 0.15) is 28.9 Å². The van der Waals surface area contributed by atoms with Gasteiger partial charge >= 0.3 is 0 Å². The van der Waals surface area contributed by atoms with Gasteiger partial charge in [0.2, 0.25) is 5.95 Å². The lowest BCUT2D eigenvalue weighted by atomic mass is 10.1. The molecule has 2 rings (SSSR count). The van der Waals surface area contributed by atoms with Crippen molar-refractivity contribution in [3.05, 3.63) is 65.5 Å². The highest BCUT2D eigenvalue weighted by Gasteiger charge is 2.19. The minimum atomic E-state index is -0.696. The zero-order valence-corrected chi connectivity index (χ0v) is 11.2. The summed E-state index contributed by atoms with van der Waals surface area (Å²) < 4.78 is 25.9. The van der Waals surface area contributed by atoms with Gasteiger partial charge in [0.05, 0.1) is 6.04 Å². The zero-order chi connectivity index (χ0) is 14.7. The van der Waals surface area contributed by atoms with E-state index in [-0.39, 0.29) is 23.3 Å². The molecule has 1 atom stereocenters. The maximum Gasteiger partial charge on any atom is 0.254 e. The molecule has 104 valence electrons. The van der Waals surface area contributed by atoms with Crippen LogP contribution in [0.3, 0.4) is 0 Å². The van der Waals surface area contributed by atoms with E-state index >= 15 is 0 Å². The van der Waals surface area contributed by atoms with Crippen molar-refractivity contribution in [3.8, 4) is 0 Å². The predicted molar refractivity (Wildman–Crippen MR) is 71.1 cm³/mol. The summed E-state index contributed by atoms with van der Waals surface area (Å²) in [5.41, 5.74) is 1.03. The largest absolute Gasteiger partial charge is 0.335 e. The molecule has 0 aliphatic rings. The Morgan fingerprint density at radius 1 is 1.20 bits per heavy atom. The molecule has 1 heterocycles. The first-order valence-electron chi connectivity index (χ1n) is 6.13. The third kappa shape index (κ3) is 2.99. The van der Waals surface area contributed by atoms with Crippen LogP contribution in [0.15, 0.2) is 42.6 Å². The average molecular weight is 276 g/mol. The van der Waals surface area contributed by atoms with E-state index in [9.17, 15) is 13.6 Å². The first kappa shape index (κ1) is 14.1. The Kier molecular flexibility index (Phi) is 4.08. The van der Waals surface area contributed by atoms with E-state index in [0.29, 0.717) is 0 Å². The molecule has 0 saturated heterocycles. The van der Waals surface area contributed by atoms with Gasteiger partial charge in [-0.05, 0) is 30.7 Å². The molecule has 20 heavy (non-hydrogen) atoms. The summed E-state index contributed by atoms with van der Waals surface area (Å²) in [5, 5.41) is 0. The van der Waals surface area contributed by atoms with E-state index in [1.807, 2.05) is 6.92 Å². The van der Waals surface area contributed by atoms with Crippen molar-refractivity contribution >= 4 is 5.91 Å². The van der Waals surface area contributed by atoms with Gasteiger partial charge < -0.3 is 4.90 Å². The number of halogens is 2. The van der Waals surface area contributed by atoms with Crippen LogP contribution in [-0.4, -0.2) is 22.8 Å². The van der Waals surface area contributed by atoms with Gasteiger partial charge in [-0.3, -0.25) is 4.79 Å². The normalized spacial score (nSPS) is 12.0. The van der Waals surface area contributed by atoms with Crippen LogP contribution in [-0.2, 0) is 0 Å². The van der Waals surface area contributed by atoms with Crippen molar-refractivity contribution in [2.45, 2.75) is 13.0 Å². The number of carbonyl (C=O) groups excluding carboxylic acids is 1. The molecule has 5 heteroatoms. The number of amides is 1. The van der Waals surface area contributed by atoms with Gasteiger partial charge in [0.1, 0.15) is 5.82 Å². The van der Waals surface area contributed by atoms with Crippen molar-refractivity contribution in [2.75, 3.05) is 7.05 Å². The van der Waals surface area contributed by atoms with E-state index < -0.39 is 5.95 Å². The molecule has 0 aliphatic carbocycles.